The molecule has 6 heteroatoms. The molecule has 0 radical (unpaired) electrons. The van der Waals surface area contributed by atoms with Crippen LogP contribution in [0.15, 0.2) is 59.6 Å². The number of carbonyl (C=O) groups is 1. The molecule has 0 aliphatic heterocycles. The molecule has 5 nitrogen and oxygen atoms in total. The molecule has 0 unspecified atom stereocenters. The molecule has 0 aliphatic carbocycles. The Bertz CT molecular complexity index is 840. The van der Waals surface area contributed by atoms with E-state index in [0.717, 1.165) is 15.8 Å². The van der Waals surface area contributed by atoms with E-state index < -0.39 is 10.8 Å². The number of hydrogen-bond donors (Lipinski definition) is 1. The van der Waals surface area contributed by atoms with Crippen LogP contribution in [-0.2, 0) is 22.1 Å². The SMILES string of the molecule is C[S@@](=O)c1ccc(NC(=O)Cn2ncc3ccccc32)cc1. The third-order valence-electron chi connectivity index (χ3n) is 3.31. The molecule has 1 heterocycles. The molecule has 0 bridgehead atoms. The van der Waals surface area contributed by atoms with Gasteiger partial charge in [-0.2, -0.15) is 5.10 Å². The van der Waals surface area contributed by atoms with E-state index in [9.17, 15) is 9.00 Å². The lowest BCUT2D eigenvalue weighted by molar-refractivity contribution is -0.116. The van der Waals surface area contributed by atoms with Crippen molar-refractivity contribution >= 4 is 33.3 Å². The molecule has 1 amide bonds. The lowest BCUT2D eigenvalue weighted by Gasteiger charge is -2.07. The van der Waals surface area contributed by atoms with Gasteiger partial charge < -0.3 is 5.32 Å². The maximum absolute atomic E-state index is 12.1. The molecule has 3 aromatic rings. The van der Waals surface area contributed by atoms with Crippen LogP contribution < -0.4 is 5.32 Å². The van der Waals surface area contributed by atoms with Crippen molar-refractivity contribution in [2.24, 2.45) is 0 Å². The van der Waals surface area contributed by atoms with Crippen molar-refractivity contribution in [2.75, 3.05) is 11.6 Å². The molecule has 1 aromatic heterocycles. The van der Waals surface area contributed by atoms with E-state index in [-0.39, 0.29) is 12.5 Å². The fourth-order valence-corrected chi connectivity index (χ4v) is 2.74. The maximum Gasteiger partial charge on any atom is 0.246 e. The minimum Gasteiger partial charge on any atom is -0.324 e. The van der Waals surface area contributed by atoms with Crippen molar-refractivity contribution in [3.05, 3.63) is 54.7 Å². The number of carbonyl (C=O) groups excluding carboxylic acids is 1. The van der Waals surface area contributed by atoms with Crippen LogP contribution in [0, 0.1) is 0 Å². The number of rotatable bonds is 4. The number of nitrogens with zero attached hydrogens (tertiary/aromatic N) is 2. The van der Waals surface area contributed by atoms with E-state index in [0.29, 0.717) is 5.69 Å². The summed E-state index contributed by atoms with van der Waals surface area (Å²) in [5, 5.41) is 8.05. The number of fused-ring (bicyclic) bond motifs is 1. The van der Waals surface area contributed by atoms with Crippen LogP contribution >= 0.6 is 0 Å². The van der Waals surface area contributed by atoms with Crippen molar-refractivity contribution in [3.63, 3.8) is 0 Å². The zero-order valence-corrected chi connectivity index (χ0v) is 12.8. The summed E-state index contributed by atoms with van der Waals surface area (Å²) in [5.74, 6) is -0.153. The zero-order chi connectivity index (χ0) is 15.5. The van der Waals surface area contributed by atoms with Gasteiger partial charge in [0, 0.05) is 33.0 Å². The third kappa shape index (κ3) is 3.07. The van der Waals surface area contributed by atoms with Gasteiger partial charge in [0.1, 0.15) is 6.54 Å². The van der Waals surface area contributed by atoms with Crippen molar-refractivity contribution < 1.29 is 9.00 Å². The first-order valence-electron chi connectivity index (χ1n) is 6.77. The normalized spacial score (nSPS) is 12.2. The number of benzene rings is 2. The molecule has 3 rings (SSSR count). The van der Waals surface area contributed by atoms with Gasteiger partial charge in [-0.25, -0.2) is 0 Å². The summed E-state index contributed by atoms with van der Waals surface area (Å²) in [7, 11) is -1.02. The molecule has 1 atom stereocenters. The summed E-state index contributed by atoms with van der Waals surface area (Å²) in [6, 6.07) is 14.7. The third-order valence-corrected chi connectivity index (χ3v) is 4.25. The Morgan fingerprint density at radius 1 is 1.18 bits per heavy atom. The number of amides is 1. The average molecular weight is 313 g/mol. The molecule has 0 saturated carbocycles. The Hall–Kier alpha value is -2.47. The van der Waals surface area contributed by atoms with Crippen molar-refractivity contribution in [1.29, 1.82) is 0 Å². The fourth-order valence-electron chi connectivity index (χ4n) is 2.22. The second-order valence-corrected chi connectivity index (χ2v) is 6.27. The van der Waals surface area contributed by atoms with E-state index in [1.54, 1.807) is 41.4 Å². The van der Waals surface area contributed by atoms with Gasteiger partial charge in [-0.1, -0.05) is 18.2 Å². The van der Waals surface area contributed by atoms with Gasteiger partial charge in [0.25, 0.3) is 0 Å². The highest BCUT2D eigenvalue weighted by molar-refractivity contribution is 7.84. The predicted molar refractivity (Wildman–Crippen MR) is 87.1 cm³/mol. The monoisotopic (exact) mass is 313 g/mol. The minimum atomic E-state index is -1.02. The van der Waals surface area contributed by atoms with E-state index in [1.807, 2.05) is 24.3 Å². The number of aromatic nitrogens is 2. The van der Waals surface area contributed by atoms with Crippen LogP contribution in [0.1, 0.15) is 0 Å². The van der Waals surface area contributed by atoms with Gasteiger partial charge in [-0.05, 0) is 30.3 Å². The summed E-state index contributed by atoms with van der Waals surface area (Å²) >= 11 is 0. The second-order valence-electron chi connectivity index (χ2n) is 4.89. The standard InChI is InChI=1S/C16H15N3O2S/c1-22(21)14-8-6-13(7-9-14)18-16(20)11-19-15-5-3-2-4-12(15)10-17-19/h2-10H,11H2,1H3,(H,18,20)/t22-/m1/s1. The first-order chi connectivity index (χ1) is 10.6. The minimum absolute atomic E-state index is 0.148. The summed E-state index contributed by atoms with van der Waals surface area (Å²) in [6.07, 6.45) is 3.37. The summed E-state index contributed by atoms with van der Waals surface area (Å²) < 4.78 is 13.0. The van der Waals surface area contributed by atoms with Gasteiger partial charge in [0.2, 0.25) is 5.91 Å². The topological polar surface area (TPSA) is 64.0 Å². The Morgan fingerprint density at radius 3 is 2.64 bits per heavy atom. The van der Waals surface area contributed by atoms with Crippen LogP contribution in [0.5, 0.6) is 0 Å². The molecule has 1 N–H and O–H groups in total. The summed E-state index contributed by atoms with van der Waals surface area (Å²) in [6.45, 7) is 0.148. The number of anilines is 1. The van der Waals surface area contributed by atoms with Crippen LogP contribution in [0.4, 0.5) is 5.69 Å². The lowest BCUT2D eigenvalue weighted by Crippen LogP contribution is -2.19. The molecular formula is C16H15N3O2S. The highest BCUT2D eigenvalue weighted by atomic mass is 32.2. The van der Waals surface area contributed by atoms with Crippen molar-refractivity contribution in [3.8, 4) is 0 Å². The van der Waals surface area contributed by atoms with E-state index in [4.69, 9.17) is 0 Å². The fraction of sp³-hybridized carbons (Fsp3) is 0.125. The van der Waals surface area contributed by atoms with Gasteiger partial charge >= 0.3 is 0 Å². The van der Waals surface area contributed by atoms with Crippen LogP contribution in [0.3, 0.4) is 0 Å². The molecule has 0 saturated heterocycles. The molecular weight excluding hydrogens is 298 g/mol. The number of para-hydroxylation sites is 1. The van der Waals surface area contributed by atoms with Crippen LogP contribution in [0.25, 0.3) is 10.9 Å². The zero-order valence-electron chi connectivity index (χ0n) is 12.0. The predicted octanol–water partition coefficient (Wildman–Crippen LogP) is 2.41. The first kappa shape index (κ1) is 14.5. The molecule has 0 fully saturated rings. The highest BCUT2D eigenvalue weighted by Gasteiger charge is 2.08. The Labute approximate surface area is 130 Å². The van der Waals surface area contributed by atoms with E-state index >= 15 is 0 Å². The average Bonchev–Trinajstić information content (AvgIpc) is 2.91. The van der Waals surface area contributed by atoms with Gasteiger partial charge in [0.15, 0.2) is 0 Å². The highest BCUT2D eigenvalue weighted by Crippen LogP contribution is 2.14. The molecule has 22 heavy (non-hydrogen) atoms. The van der Waals surface area contributed by atoms with Crippen LogP contribution in [0.2, 0.25) is 0 Å². The Morgan fingerprint density at radius 2 is 1.91 bits per heavy atom. The quantitative estimate of drug-likeness (QED) is 0.804. The Kier molecular flexibility index (Phi) is 4.02. The molecule has 0 spiro atoms. The largest absolute Gasteiger partial charge is 0.324 e. The van der Waals surface area contributed by atoms with Crippen LogP contribution in [-0.4, -0.2) is 26.2 Å². The Balaban J connectivity index is 1.71. The lowest BCUT2D eigenvalue weighted by atomic mass is 10.2. The smallest absolute Gasteiger partial charge is 0.246 e. The van der Waals surface area contributed by atoms with Gasteiger partial charge in [-0.3, -0.25) is 13.7 Å². The second kappa shape index (κ2) is 6.11. The van der Waals surface area contributed by atoms with Gasteiger partial charge in [0.05, 0.1) is 11.7 Å². The van der Waals surface area contributed by atoms with E-state index in [1.165, 1.54) is 0 Å². The molecule has 2 aromatic carbocycles. The van der Waals surface area contributed by atoms with Crippen molar-refractivity contribution in [1.82, 2.24) is 9.78 Å². The summed E-state index contributed by atoms with van der Waals surface area (Å²) in [5.41, 5.74) is 1.60. The maximum atomic E-state index is 12.1. The first-order valence-corrected chi connectivity index (χ1v) is 8.33. The molecule has 0 aliphatic rings. The van der Waals surface area contributed by atoms with Gasteiger partial charge in [-0.15, -0.1) is 0 Å². The summed E-state index contributed by atoms with van der Waals surface area (Å²) in [4.78, 5) is 12.8. The van der Waals surface area contributed by atoms with E-state index in [2.05, 4.69) is 10.4 Å². The number of nitrogens with one attached hydrogen (secondary N) is 1. The molecule has 112 valence electrons. The van der Waals surface area contributed by atoms with Crippen molar-refractivity contribution in [2.45, 2.75) is 11.4 Å². The number of hydrogen-bond acceptors (Lipinski definition) is 3.